The van der Waals surface area contributed by atoms with Crippen LogP contribution >= 0.6 is 0 Å². The molecular weight excluding hydrogens is 258 g/mol. The number of esters is 1. The predicted octanol–water partition coefficient (Wildman–Crippen LogP) is 2.69. The third kappa shape index (κ3) is 3.40. The van der Waals surface area contributed by atoms with Crippen LogP contribution in [0.4, 0.5) is 4.79 Å². The Balaban J connectivity index is 3.00. The van der Waals surface area contributed by atoms with Gasteiger partial charge in [0.2, 0.25) is 0 Å². The van der Waals surface area contributed by atoms with Crippen LogP contribution in [0.3, 0.4) is 0 Å². The minimum absolute atomic E-state index is 0.0111. The number of methoxy groups -OCH3 is 1. The normalized spacial score (nSPS) is 26.2. The van der Waals surface area contributed by atoms with E-state index in [1.807, 2.05) is 6.92 Å². The highest BCUT2D eigenvalue weighted by molar-refractivity contribution is 5.71. The number of carbonyl (C=O) groups is 2. The molecule has 0 radical (unpaired) electrons. The Morgan fingerprint density at radius 3 is 2.65 bits per heavy atom. The quantitative estimate of drug-likeness (QED) is 0.621. The van der Waals surface area contributed by atoms with Gasteiger partial charge < -0.3 is 14.7 Å². The lowest BCUT2D eigenvalue weighted by Crippen LogP contribution is -2.52. The lowest BCUT2D eigenvalue weighted by molar-refractivity contribution is -0.141. The van der Waals surface area contributed by atoms with Crippen molar-refractivity contribution in [2.45, 2.75) is 32.2 Å². The molecule has 1 heterocycles. The number of hydrogen-bond donors (Lipinski definition) is 1. The molecule has 1 aliphatic heterocycles. The minimum Gasteiger partial charge on any atom is -0.469 e. The predicted molar refractivity (Wildman–Crippen MR) is 76.4 cm³/mol. The molecule has 20 heavy (non-hydrogen) atoms. The van der Waals surface area contributed by atoms with Gasteiger partial charge in [-0.25, -0.2) is 4.79 Å². The molecule has 0 aromatic heterocycles. The molecule has 0 aromatic carbocycles. The lowest BCUT2D eigenvalue weighted by atomic mass is 9.75. The van der Waals surface area contributed by atoms with Crippen LogP contribution in [0.15, 0.2) is 24.8 Å². The summed E-state index contributed by atoms with van der Waals surface area (Å²) < 4.78 is 4.68. The Hall–Kier alpha value is -1.78. The van der Waals surface area contributed by atoms with Crippen molar-refractivity contribution in [1.29, 1.82) is 0 Å². The van der Waals surface area contributed by atoms with Crippen LogP contribution < -0.4 is 0 Å². The standard InChI is InChI=1S/C15H23NO4/c1-5-7-12-10(3)11(8-14(17)20-4)9-16(15(18)19)13(12)6-2/h5,11-13H,1,3,6-9H2,2,4H3,(H,18,19). The number of piperidine rings is 1. The summed E-state index contributed by atoms with van der Waals surface area (Å²) >= 11 is 0. The van der Waals surface area contributed by atoms with Crippen molar-refractivity contribution in [3.63, 3.8) is 0 Å². The second kappa shape index (κ2) is 7.12. The second-order valence-electron chi connectivity index (χ2n) is 5.09. The first-order chi connectivity index (χ1) is 9.46. The first kappa shape index (κ1) is 16.3. The average molecular weight is 281 g/mol. The van der Waals surface area contributed by atoms with Crippen LogP contribution in [-0.2, 0) is 9.53 Å². The Kier molecular flexibility index (Phi) is 5.80. The lowest BCUT2D eigenvalue weighted by Gasteiger charge is -2.44. The van der Waals surface area contributed by atoms with Crippen LogP contribution in [0.1, 0.15) is 26.2 Å². The molecule has 0 aromatic rings. The Labute approximate surface area is 119 Å². The molecule has 1 N–H and O–H groups in total. The van der Waals surface area contributed by atoms with E-state index >= 15 is 0 Å². The van der Waals surface area contributed by atoms with E-state index in [1.165, 1.54) is 12.0 Å². The Morgan fingerprint density at radius 1 is 1.55 bits per heavy atom. The number of rotatable bonds is 5. The third-order valence-electron chi connectivity index (χ3n) is 4.01. The molecule has 0 saturated carbocycles. The molecule has 1 rings (SSSR count). The fourth-order valence-corrected chi connectivity index (χ4v) is 2.95. The topological polar surface area (TPSA) is 66.8 Å². The Bertz CT molecular complexity index is 405. The molecule has 0 spiro atoms. The van der Waals surface area contributed by atoms with Crippen LogP contribution in [-0.4, -0.2) is 41.8 Å². The maximum Gasteiger partial charge on any atom is 0.407 e. The number of carbonyl (C=O) groups excluding carboxylic acids is 1. The molecule has 5 nitrogen and oxygen atoms in total. The summed E-state index contributed by atoms with van der Waals surface area (Å²) in [5.41, 5.74) is 0.930. The maximum absolute atomic E-state index is 11.5. The van der Waals surface area contributed by atoms with E-state index in [0.29, 0.717) is 13.0 Å². The zero-order valence-corrected chi connectivity index (χ0v) is 12.2. The zero-order valence-electron chi connectivity index (χ0n) is 12.2. The largest absolute Gasteiger partial charge is 0.469 e. The van der Waals surface area contributed by atoms with Gasteiger partial charge in [-0.05, 0) is 12.8 Å². The van der Waals surface area contributed by atoms with Crippen molar-refractivity contribution in [1.82, 2.24) is 4.90 Å². The number of hydrogen-bond acceptors (Lipinski definition) is 3. The first-order valence-corrected chi connectivity index (χ1v) is 6.82. The maximum atomic E-state index is 11.5. The van der Waals surface area contributed by atoms with Gasteiger partial charge in [-0.1, -0.05) is 25.2 Å². The second-order valence-corrected chi connectivity index (χ2v) is 5.09. The van der Waals surface area contributed by atoms with Crippen LogP contribution in [0.2, 0.25) is 0 Å². The fourth-order valence-electron chi connectivity index (χ4n) is 2.95. The van der Waals surface area contributed by atoms with E-state index in [4.69, 9.17) is 0 Å². The van der Waals surface area contributed by atoms with Crippen LogP contribution in [0.25, 0.3) is 0 Å². The summed E-state index contributed by atoms with van der Waals surface area (Å²) in [6.45, 7) is 10.1. The highest BCUT2D eigenvalue weighted by Crippen LogP contribution is 2.37. The number of allylic oxidation sites excluding steroid dienone is 1. The third-order valence-corrected chi connectivity index (χ3v) is 4.01. The molecule has 0 aliphatic carbocycles. The van der Waals surface area contributed by atoms with Gasteiger partial charge in [-0.15, -0.1) is 6.58 Å². The monoisotopic (exact) mass is 281 g/mol. The van der Waals surface area contributed by atoms with E-state index in [1.54, 1.807) is 6.08 Å². The highest BCUT2D eigenvalue weighted by Gasteiger charge is 2.40. The van der Waals surface area contributed by atoms with Crippen molar-refractivity contribution >= 4 is 12.1 Å². The SMILES string of the molecule is C=CCC1C(=C)C(CC(=O)OC)CN(C(=O)O)C1CC. The van der Waals surface area contributed by atoms with Crippen molar-refractivity contribution in [3.05, 3.63) is 24.8 Å². The van der Waals surface area contributed by atoms with E-state index in [-0.39, 0.29) is 30.3 Å². The van der Waals surface area contributed by atoms with Gasteiger partial charge in [0.15, 0.2) is 0 Å². The molecule has 112 valence electrons. The van der Waals surface area contributed by atoms with Crippen LogP contribution in [0, 0.1) is 11.8 Å². The molecule has 1 aliphatic rings. The first-order valence-electron chi connectivity index (χ1n) is 6.82. The van der Waals surface area contributed by atoms with Crippen molar-refractivity contribution in [2.24, 2.45) is 11.8 Å². The van der Waals surface area contributed by atoms with Gasteiger partial charge in [0, 0.05) is 24.4 Å². The zero-order chi connectivity index (χ0) is 15.3. The molecule has 0 bridgehead atoms. The summed E-state index contributed by atoms with van der Waals surface area (Å²) in [4.78, 5) is 24.3. The molecule has 1 fully saturated rings. The molecule has 3 unspecified atom stereocenters. The van der Waals surface area contributed by atoms with E-state index < -0.39 is 6.09 Å². The van der Waals surface area contributed by atoms with Gasteiger partial charge in [0.05, 0.1) is 13.5 Å². The van der Waals surface area contributed by atoms with Crippen molar-refractivity contribution in [3.8, 4) is 0 Å². The summed E-state index contributed by atoms with van der Waals surface area (Å²) in [6, 6.07) is -0.105. The summed E-state index contributed by atoms with van der Waals surface area (Å²) in [5, 5.41) is 9.38. The van der Waals surface area contributed by atoms with E-state index in [9.17, 15) is 14.7 Å². The fraction of sp³-hybridized carbons (Fsp3) is 0.600. The van der Waals surface area contributed by atoms with Gasteiger partial charge in [-0.3, -0.25) is 4.79 Å². The van der Waals surface area contributed by atoms with Crippen molar-refractivity contribution in [2.75, 3.05) is 13.7 Å². The minimum atomic E-state index is -0.951. The van der Waals surface area contributed by atoms with Gasteiger partial charge in [0.1, 0.15) is 0 Å². The molecule has 1 saturated heterocycles. The average Bonchev–Trinajstić information content (AvgIpc) is 2.42. The molecule has 5 heteroatoms. The van der Waals surface area contributed by atoms with Gasteiger partial charge in [0.25, 0.3) is 0 Å². The summed E-state index contributed by atoms with van der Waals surface area (Å²) in [7, 11) is 1.33. The molecule has 3 atom stereocenters. The summed E-state index contributed by atoms with van der Waals surface area (Å²) in [5.74, 6) is -0.517. The summed E-state index contributed by atoms with van der Waals surface area (Å²) in [6.07, 6.45) is 2.38. The number of nitrogens with zero attached hydrogens (tertiary/aromatic N) is 1. The Morgan fingerprint density at radius 2 is 2.20 bits per heavy atom. The number of ether oxygens (including phenoxy) is 1. The molecular formula is C15H23NO4. The van der Waals surface area contributed by atoms with Crippen LogP contribution in [0.5, 0.6) is 0 Å². The van der Waals surface area contributed by atoms with E-state index in [2.05, 4.69) is 17.9 Å². The van der Waals surface area contributed by atoms with Gasteiger partial charge in [-0.2, -0.15) is 0 Å². The van der Waals surface area contributed by atoms with Gasteiger partial charge >= 0.3 is 12.1 Å². The van der Waals surface area contributed by atoms with Crippen molar-refractivity contribution < 1.29 is 19.4 Å². The smallest absolute Gasteiger partial charge is 0.407 e. The number of likely N-dealkylation sites (tertiary alicyclic amines) is 1. The highest BCUT2D eigenvalue weighted by atomic mass is 16.5. The number of amides is 1. The number of carboxylic acid groups (broad SMARTS) is 1. The van der Waals surface area contributed by atoms with E-state index in [0.717, 1.165) is 12.0 Å². The molecule has 1 amide bonds.